The number of nitrogens with zero attached hydrogens (tertiary/aromatic N) is 2. The van der Waals surface area contributed by atoms with Crippen molar-refractivity contribution in [2.24, 2.45) is 0 Å². The van der Waals surface area contributed by atoms with E-state index in [0.717, 1.165) is 22.7 Å². The molecule has 0 bridgehead atoms. The molecule has 0 aliphatic heterocycles. The molecule has 30 heavy (non-hydrogen) atoms. The van der Waals surface area contributed by atoms with Crippen LogP contribution in [0, 0.1) is 12.7 Å². The number of carbonyl (C=O) groups is 1. The lowest BCUT2D eigenvalue weighted by Gasteiger charge is -2.12. The molecule has 6 nitrogen and oxygen atoms in total. The molecule has 0 spiro atoms. The van der Waals surface area contributed by atoms with Crippen LogP contribution in [-0.2, 0) is 11.2 Å². The average Bonchev–Trinajstić information content (AvgIpc) is 3.07. The summed E-state index contributed by atoms with van der Waals surface area (Å²) in [5.41, 5.74) is 2.33. The highest BCUT2D eigenvalue weighted by molar-refractivity contribution is 5.76. The maximum Gasteiger partial charge on any atom is 0.226 e. The zero-order chi connectivity index (χ0) is 21.5. The number of rotatable bonds is 9. The Kier molecular flexibility index (Phi) is 6.85. The van der Waals surface area contributed by atoms with Gasteiger partial charge in [0.25, 0.3) is 0 Å². The van der Waals surface area contributed by atoms with Crippen molar-refractivity contribution in [3.63, 3.8) is 0 Å². The Balaban J connectivity index is 1.95. The number of nitrogens with one attached hydrogen (secondary N) is 1. The average molecular weight is 409 g/mol. The van der Waals surface area contributed by atoms with E-state index in [1.54, 1.807) is 30.0 Å². The van der Waals surface area contributed by atoms with Crippen molar-refractivity contribution in [3.8, 4) is 23.1 Å². The largest absolute Gasteiger partial charge is 0.497 e. The predicted molar refractivity (Wildman–Crippen MR) is 113 cm³/mol. The van der Waals surface area contributed by atoms with E-state index in [-0.39, 0.29) is 18.1 Å². The minimum Gasteiger partial charge on any atom is -0.497 e. The van der Waals surface area contributed by atoms with Gasteiger partial charge in [0.05, 0.1) is 18.5 Å². The van der Waals surface area contributed by atoms with Gasteiger partial charge in [0.15, 0.2) is 0 Å². The van der Waals surface area contributed by atoms with E-state index in [4.69, 9.17) is 9.47 Å². The summed E-state index contributed by atoms with van der Waals surface area (Å²) < 4.78 is 26.3. The molecular weight excluding hydrogens is 385 g/mol. The van der Waals surface area contributed by atoms with E-state index in [2.05, 4.69) is 17.0 Å². The number of benzene rings is 2. The minimum absolute atomic E-state index is 0.0840. The molecule has 3 aromatic rings. The van der Waals surface area contributed by atoms with Gasteiger partial charge in [-0.2, -0.15) is 5.10 Å². The first-order valence-electron chi connectivity index (χ1n) is 9.55. The van der Waals surface area contributed by atoms with Crippen LogP contribution in [0.3, 0.4) is 0 Å². The number of hydrogen-bond acceptors (Lipinski definition) is 4. The summed E-state index contributed by atoms with van der Waals surface area (Å²) in [5, 5.41) is 7.39. The van der Waals surface area contributed by atoms with Gasteiger partial charge in [0.1, 0.15) is 17.3 Å². The van der Waals surface area contributed by atoms with Gasteiger partial charge in [0.2, 0.25) is 11.8 Å². The molecule has 1 N–H and O–H groups in total. The Morgan fingerprint density at radius 3 is 2.47 bits per heavy atom. The van der Waals surface area contributed by atoms with Gasteiger partial charge in [-0.05, 0) is 61.9 Å². The second kappa shape index (κ2) is 9.73. The molecule has 1 aromatic heterocycles. The topological polar surface area (TPSA) is 65.4 Å². The van der Waals surface area contributed by atoms with Gasteiger partial charge in [-0.15, -0.1) is 6.58 Å². The third-order valence-electron chi connectivity index (χ3n) is 4.53. The van der Waals surface area contributed by atoms with Crippen molar-refractivity contribution in [2.75, 3.05) is 13.7 Å². The molecule has 0 atom stereocenters. The fraction of sp³-hybridized carbons (Fsp3) is 0.217. The summed E-state index contributed by atoms with van der Waals surface area (Å²) >= 11 is 0. The molecule has 0 aliphatic carbocycles. The lowest BCUT2D eigenvalue weighted by atomic mass is 10.1. The van der Waals surface area contributed by atoms with Crippen LogP contribution in [0.5, 0.6) is 17.4 Å². The van der Waals surface area contributed by atoms with Gasteiger partial charge in [-0.3, -0.25) is 4.79 Å². The Morgan fingerprint density at radius 1 is 1.17 bits per heavy atom. The summed E-state index contributed by atoms with van der Waals surface area (Å²) in [6, 6.07) is 13.2. The quantitative estimate of drug-likeness (QED) is 0.534. The fourth-order valence-corrected chi connectivity index (χ4v) is 2.96. The van der Waals surface area contributed by atoms with Crippen molar-refractivity contribution in [2.45, 2.75) is 19.8 Å². The summed E-state index contributed by atoms with van der Waals surface area (Å²) in [6.45, 7) is 5.89. The molecule has 0 aliphatic rings. The molecule has 1 heterocycles. The second-order valence-corrected chi connectivity index (χ2v) is 6.63. The summed E-state index contributed by atoms with van der Waals surface area (Å²) in [6.07, 6.45) is 2.36. The van der Waals surface area contributed by atoms with Crippen molar-refractivity contribution in [3.05, 3.63) is 78.3 Å². The number of aromatic nitrogens is 2. The standard InChI is InChI=1S/C23H24FN3O3/c1-4-15-25-22(28)14-13-21-16(2)26-27(18-7-11-19(29-3)12-8-18)23(21)30-20-9-5-17(24)6-10-20/h4-12H,1,13-15H2,2-3H3,(H,25,28). The monoisotopic (exact) mass is 409 g/mol. The van der Waals surface area contributed by atoms with Crippen molar-refractivity contribution in [1.82, 2.24) is 15.1 Å². The van der Waals surface area contributed by atoms with Crippen molar-refractivity contribution in [1.29, 1.82) is 0 Å². The van der Waals surface area contributed by atoms with Gasteiger partial charge in [-0.1, -0.05) is 6.08 Å². The Bertz CT molecular complexity index is 1010. The van der Waals surface area contributed by atoms with E-state index in [0.29, 0.717) is 24.6 Å². The van der Waals surface area contributed by atoms with Crippen molar-refractivity contribution < 1.29 is 18.7 Å². The number of halogens is 1. The first kappa shape index (κ1) is 21.1. The number of carbonyl (C=O) groups excluding carboxylic acids is 1. The molecule has 156 valence electrons. The molecule has 7 heteroatoms. The van der Waals surface area contributed by atoms with E-state index in [1.807, 2.05) is 31.2 Å². The summed E-state index contributed by atoms with van der Waals surface area (Å²) in [4.78, 5) is 12.1. The normalized spacial score (nSPS) is 10.5. The van der Waals surface area contributed by atoms with Crippen LogP contribution in [0.2, 0.25) is 0 Å². The molecule has 2 aromatic carbocycles. The number of aryl methyl sites for hydroxylation is 1. The Morgan fingerprint density at radius 2 is 1.83 bits per heavy atom. The summed E-state index contributed by atoms with van der Waals surface area (Å²) in [5.74, 6) is 1.26. The number of ether oxygens (including phenoxy) is 2. The molecule has 0 fully saturated rings. The zero-order valence-electron chi connectivity index (χ0n) is 17.0. The molecular formula is C23H24FN3O3. The van der Waals surface area contributed by atoms with Gasteiger partial charge in [0, 0.05) is 18.5 Å². The third-order valence-corrected chi connectivity index (χ3v) is 4.53. The van der Waals surface area contributed by atoms with Gasteiger partial charge in [-0.25, -0.2) is 9.07 Å². The summed E-state index contributed by atoms with van der Waals surface area (Å²) in [7, 11) is 1.60. The maximum atomic E-state index is 13.3. The highest BCUT2D eigenvalue weighted by atomic mass is 19.1. The number of amides is 1. The zero-order valence-corrected chi connectivity index (χ0v) is 17.0. The molecule has 0 unspecified atom stereocenters. The van der Waals surface area contributed by atoms with E-state index >= 15 is 0 Å². The molecule has 0 saturated heterocycles. The fourth-order valence-electron chi connectivity index (χ4n) is 2.96. The number of methoxy groups -OCH3 is 1. The van der Waals surface area contributed by atoms with Crippen LogP contribution in [0.25, 0.3) is 5.69 Å². The van der Waals surface area contributed by atoms with Crippen LogP contribution in [-0.4, -0.2) is 29.3 Å². The van der Waals surface area contributed by atoms with Crippen LogP contribution in [0.4, 0.5) is 4.39 Å². The first-order valence-corrected chi connectivity index (χ1v) is 9.55. The molecule has 3 rings (SSSR count). The first-order chi connectivity index (χ1) is 14.5. The number of hydrogen-bond donors (Lipinski definition) is 1. The molecule has 1 amide bonds. The van der Waals surface area contributed by atoms with E-state index in [1.165, 1.54) is 12.1 Å². The smallest absolute Gasteiger partial charge is 0.226 e. The SMILES string of the molecule is C=CCNC(=O)CCc1c(C)nn(-c2ccc(OC)cc2)c1Oc1ccc(F)cc1. The van der Waals surface area contributed by atoms with E-state index < -0.39 is 0 Å². The highest BCUT2D eigenvalue weighted by Crippen LogP contribution is 2.32. The van der Waals surface area contributed by atoms with Crippen LogP contribution in [0.15, 0.2) is 61.2 Å². The Labute approximate surface area is 174 Å². The van der Waals surface area contributed by atoms with Crippen LogP contribution < -0.4 is 14.8 Å². The van der Waals surface area contributed by atoms with Crippen LogP contribution >= 0.6 is 0 Å². The van der Waals surface area contributed by atoms with E-state index in [9.17, 15) is 9.18 Å². The molecule has 0 saturated carbocycles. The lowest BCUT2D eigenvalue weighted by molar-refractivity contribution is -0.120. The second-order valence-electron chi connectivity index (χ2n) is 6.63. The lowest BCUT2D eigenvalue weighted by Crippen LogP contribution is -2.23. The van der Waals surface area contributed by atoms with Gasteiger partial charge < -0.3 is 14.8 Å². The van der Waals surface area contributed by atoms with Crippen molar-refractivity contribution >= 4 is 5.91 Å². The molecule has 0 radical (unpaired) electrons. The van der Waals surface area contributed by atoms with Gasteiger partial charge >= 0.3 is 0 Å². The predicted octanol–water partition coefficient (Wildman–Crippen LogP) is 4.36. The minimum atomic E-state index is -0.346. The Hall–Kier alpha value is -3.61. The maximum absolute atomic E-state index is 13.3. The third kappa shape index (κ3) is 5.05. The van der Waals surface area contributed by atoms with Crippen LogP contribution in [0.1, 0.15) is 17.7 Å². The highest BCUT2D eigenvalue weighted by Gasteiger charge is 2.20.